The van der Waals surface area contributed by atoms with Gasteiger partial charge in [-0.15, -0.1) is 0 Å². The number of benzene rings is 2. The zero-order valence-corrected chi connectivity index (χ0v) is 13.3. The van der Waals surface area contributed by atoms with Crippen molar-refractivity contribution in [3.8, 4) is 0 Å². The molecule has 0 bridgehead atoms. The molecule has 0 aromatic heterocycles. The van der Waals surface area contributed by atoms with E-state index in [1.54, 1.807) is 0 Å². The van der Waals surface area contributed by atoms with Crippen LogP contribution in [0.3, 0.4) is 0 Å². The standard InChI is InChI=1S/C20H26/c1-15-9-11-19(13-17(15)3)7-5-6-8-20-12-10-16(2)18(4)14-20/h9-14H,5-8H2,1-4H3. The van der Waals surface area contributed by atoms with E-state index in [2.05, 4.69) is 64.1 Å². The van der Waals surface area contributed by atoms with E-state index in [9.17, 15) is 0 Å². The third kappa shape index (κ3) is 3.96. The minimum atomic E-state index is 1.20. The Hall–Kier alpha value is -1.56. The van der Waals surface area contributed by atoms with Gasteiger partial charge in [-0.25, -0.2) is 0 Å². The quantitative estimate of drug-likeness (QED) is 0.628. The van der Waals surface area contributed by atoms with Gasteiger partial charge in [0.2, 0.25) is 0 Å². The largest absolute Gasteiger partial charge is 0.0588 e. The molecule has 0 saturated carbocycles. The first-order valence-corrected chi connectivity index (χ1v) is 7.68. The highest BCUT2D eigenvalue weighted by molar-refractivity contribution is 5.31. The molecule has 0 aliphatic heterocycles. The second kappa shape index (κ2) is 6.74. The minimum absolute atomic E-state index is 1.20. The van der Waals surface area contributed by atoms with Crippen LogP contribution in [0.5, 0.6) is 0 Å². The molecule has 2 rings (SSSR count). The van der Waals surface area contributed by atoms with E-state index in [0.29, 0.717) is 0 Å². The van der Waals surface area contributed by atoms with Crippen molar-refractivity contribution in [2.45, 2.75) is 53.4 Å². The van der Waals surface area contributed by atoms with Gasteiger partial charge in [-0.2, -0.15) is 0 Å². The highest BCUT2D eigenvalue weighted by Crippen LogP contribution is 2.15. The molecule has 0 radical (unpaired) electrons. The molecular weight excluding hydrogens is 240 g/mol. The molecular formula is C20H26. The van der Waals surface area contributed by atoms with E-state index in [4.69, 9.17) is 0 Å². The monoisotopic (exact) mass is 266 g/mol. The lowest BCUT2D eigenvalue weighted by atomic mass is 9.99. The van der Waals surface area contributed by atoms with Crippen molar-refractivity contribution < 1.29 is 0 Å². The first-order chi connectivity index (χ1) is 9.56. The van der Waals surface area contributed by atoms with Gasteiger partial charge in [-0.1, -0.05) is 36.4 Å². The van der Waals surface area contributed by atoms with E-state index in [1.807, 2.05) is 0 Å². The van der Waals surface area contributed by atoms with Gasteiger partial charge >= 0.3 is 0 Å². The molecule has 0 aliphatic carbocycles. The lowest BCUT2D eigenvalue weighted by Gasteiger charge is -2.07. The summed E-state index contributed by atoms with van der Waals surface area (Å²) in [5, 5.41) is 0. The van der Waals surface area contributed by atoms with Gasteiger partial charge in [-0.05, 0) is 86.8 Å². The molecule has 0 N–H and O–H groups in total. The van der Waals surface area contributed by atoms with Crippen molar-refractivity contribution in [3.05, 3.63) is 69.8 Å². The van der Waals surface area contributed by atoms with E-state index < -0.39 is 0 Å². The predicted octanol–water partition coefficient (Wildman–Crippen LogP) is 5.49. The van der Waals surface area contributed by atoms with Crippen LogP contribution >= 0.6 is 0 Å². The van der Waals surface area contributed by atoms with Crippen molar-refractivity contribution in [1.82, 2.24) is 0 Å². The molecule has 106 valence electrons. The fraction of sp³-hybridized carbons (Fsp3) is 0.400. The summed E-state index contributed by atoms with van der Waals surface area (Å²) in [6, 6.07) is 13.7. The van der Waals surface area contributed by atoms with Crippen molar-refractivity contribution in [2.24, 2.45) is 0 Å². The summed E-state index contributed by atoms with van der Waals surface area (Å²) >= 11 is 0. The summed E-state index contributed by atoms with van der Waals surface area (Å²) in [4.78, 5) is 0. The van der Waals surface area contributed by atoms with Crippen molar-refractivity contribution in [2.75, 3.05) is 0 Å². The van der Waals surface area contributed by atoms with Gasteiger partial charge in [0.1, 0.15) is 0 Å². The smallest absolute Gasteiger partial charge is 0.0279 e. The van der Waals surface area contributed by atoms with Crippen LogP contribution in [-0.4, -0.2) is 0 Å². The normalized spacial score (nSPS) is 10.8. The summed E-state index contributed by atoms with van der Waals surface area (Å²) in [6.07, 6.45) is 4.95. The number of hydrogen-bond acceptors (Lipinski definition) is 0. The van der Waals surface area contributed by atoms with Crippen LogP contribution in [0.4, 0.5) is 0 Å². The highest BCUT2D eigenvalue weighted by atomic mass is 14.0. The van der Waals surface area contributed by atoms with Crippen LogP contribution < -0.4 is 0 Å². The Morgan fingerprint density at radius 2 is 0.950 bits per heavy atom. The van der Waals surface area contributed by atoms with E-state index in [0.717, 1.165) is 0 Å². The number of hydrogen-bond donors (Lipinski definition) is 0. The van der Waals surface area contributed by atoms with Gasteiger partial charge in [-0.3, -0.25) is 0 Å². The zero-order chi connectivity index (χ0) is 14.5. The topological polar surface area (TPSA) is 0 Å². The predicted molar refractivity (Wildman–Crippen MR) is 88.5 cm³/mol. The molecule has 0 nitrogen and oxygen atoms in total. The zero-order valence-electron chi connectivity index (χ0n) is 13.3. The Balaban J connectivity index is 1.81. The first kappa shape index (κ1) is 14.8. The van der Waals surface area contributed by atoms with Crippen LogP contribution in [0.2, 0.25) is 0 Å². The molecule has 0 saturated heterocycles. The molecule has 0 unspecified atom stereocenters. The number of unbranched alkanes of at least 4 members (excludes halogenated alkanes) is 1. The van der Waals surface area contributed by atoms with Crippen molar-refractivity contribution in [3.63, 3.8) is 0 Å². The molecule has 0 amide bonds. The third-order valence-electron chi connectivity index (χ3n) is 4.32. The van der Waals surface area contributed by atoms with Crippen LogP contribution in [0.15, 0.2) is 36.4 Å². The molecule has 0 heterocycles. The van der Waals surface area contributed by atoms with E-state index in [-0.39, 0.29) is 0 Å². The molecule has 0 fully saturated rings. The van der Waals surface area contributed by atoms with Crippen LogP contribution in [-0.2, 0) is 12.8 Å². The Morgan fingerprint density at radius 1 is 0.550 bits per heavy atom. The van der Waals surface area contributed by atoms with Gasteiger partial charge < -0.3 is 0 Å². The summed E-state index contributed by atoms with van der Waals surface area (Å²) in [7, 11) is 0. The maximum absolute atomic E-state index is 2.34. The second-order valence-electron chi connectivity index (χ2n) is 6.04. The number of aryl methyl sites for hydroxylation is 6. The fourth-order valence-electron chi connectivity index (χ4n) is 2.58. The van der Waals surface area contributed by atoms with Gasteiger partial charge in [0.25, 0.3) is 0 Å². The lowest BCUT2D eigenvalue weighted by Crippen LogP contribution is -1.92. The van der Waals surface area contributed by atoms with E-state index in [1.165, 1.54) is 59.1 Å². The molecule has 0 heteroatoms. The molecule has 20 heavy (non-hydrogen) atoms. The Bertz CT molecular complexity index is 525. The maximum atomic E-state index is 2.34. The van der Waals surface area contributed by atoms with Gasteiger partial charge in [0.15, 0.2) is 0 Å². The van der Waals surface area contributed by atoms with Crippen LogP contribution in [0.25, 0.3) is 0 Å². The molecule has 2 aromatic carbocycles. The Morgan fingerprint density at radius 3 is 1.30 bits per heavy atom. The Labute approximate surface area is 123 Å². The fourth-order valence-corrected chi connectivity index (χ4v) is 2.58. The highest BCUT2D eigenvalue weighted by Gasteiger charge is 1.99. The number of rotatable bonds is 5. The van der Waals surface area contributed by atoms with Crippen molar-refractivity contribution in [1.29, 1.82) is 0 Å². The average Bonchev–Trinajstić information content (AvgIpc) is 2.42. The minimum Gasteiger partial charge on any atom is -0.0588 e. The summed E-state index contributed by atoms with van der Waals surface area (Å²) < 4.78 is 0. The summed E-state index contributed by atoms with van der Waals surface area (Å²) in [6.45, 7) is 8.76. The third-order valence-corrected chi connectivity index (χ3v) is 4.32. The molecule has 0 spiro atoms. The summed E-state index contributed by atoms with van der Waals surface area (Å²) in [5.74, 6) is 0. The maximum Gasteiger partial charge on any atom is -0.0279 e. The SMILES string of the molecule is Cc1ccc(CCCCc2ccc(C)c(C)c2)cc1C. The first-order valence-electron chi connectivity index (χ1n) is 7.68. The van der Waals surface area contributed by atoms with E-state index >= 15 is 0 Å². The average molecular weight is 266 g/mol. The van der Waals surface area contributed by atoms with Gasteiger partial charge in [0, 0.05) is 0 Å². The van der Waals surface area contributed by atoms with Gasteiger partial charge in [0.05, 0.1) is 0 Å². The second-order valence-corrected chi connectivity index (χ2v) is 6.04. The lowest BCUT2D eigenvalue weighted by molar-refractivity contribution is 0.733. The molecule has 0 atom stereocenters. The van der Waals surface area contributed by atoms with Crippen LogP contribution in [0, 0.1) is 27.7 Å². The van der Waals surface area contributed by atoms with Crippen molar-refractivity contribution >= 4 is 0 Å². The Kier molecular flexibility index (Phi) is 5.00. The molecule has 0 aliphatic rings. The summed E-state index contributed by atoms with van der Waals surface area (Å²) in [5.41, 5.74) is 8.57. The molecule has 2 aromatic rings. The van der Waals surface area contributed by atoms with Crippen LogP contribution in [0.1, 0.15) is 46.2 Å².